The number of rotatable bonds is 5. The highest BCUT2D eigenvalue weighted by Crippen LogP contribution is 2.41. The van der Waals surface area contributed by atoms with E-state index in [2.05, 4.69) is 10.1 Å². The fourth-order valence-electron chi connectivity index (χ4n) is 5.13. The Morgan fingerprint density at radius 2 is 1.87 bits per heavy atom. The summed E-state index contributed by atoms with van der Waals surface area (Å²) in [5.41, 5.74) is 2.78. The van der Waals surface area contributed by atoms with Crippen LogP contribution in [0.3, 0.4) is 0 Å². The molecule has 4 aliphatic rings. The lowest BCUT2D eigenvalue weighted by Crippen LogP contribution is -2.66. The maximum atomic E-state index is 15.2. The third-order valence-corrected chi connectivity index (χ3v) is 9.26. The van der Waals surface area contributed by atoms with Crippen molar-refractivity contribution >= 4 is 22.0 Å². The molecule has 0 aromatic rings. The number of urea groups is 1. The number of amides is 3. The van der Waals surface area contributed by atoms with Crippen molar-refractivity contribution in [2.24, 2.45) is 5.92 Å². The smallest absolute Gasteiger partial charge is 0.319 e. The van der Waals surface area contributed by atoms with E-state index in [0.717, 1.165) is 24.2 Å². The van der Waals surface area contributed by atoms with Crippen LogP contribution in [-0.4, -0.2) is 90.9 Å². The molecule has 2 heterocycles. The number of fused-ring (bicyclic) bond motifs is 1. The number of hydrogen-bond donors (Lipinski definition) is 2. The fraction of sp³-hybridized carbons (Fsp3) is 0.895. The number of carbonyl (C=O) groups is 2. The van der Waals surface area contributed by atoms with Crippen LogP contribution in [0.25, 0.3) is 0 Å². The molecule has 4 rings (SSSR count). The lowest BCUT2D eigenvalue weighted by molar-refractivity contribution is -0.140. The molecule has 0 aromatic carbocycles. The van der Waals surface area contributed by atoms with Crippen LogP contribution in [0.5, 0.6) is 0 Å². The first-order chi connectivity index (χ1) is 13.9. The second-order valence-electron chi connectivity index (χ2n) is 9.77. The first-order valence-corrected chi connectivity index (χ1v) is 12.2. The first kappa shape index (κ1) is 21.9. The van der Waals surface area contributed by atoms with E-state index in [1.165, 1.54) is 7.05 Å². The van der Waals surface area contributed by atoms with Crippen molar-refractivity contribution in [2.75, 3.05) is 20.6 Å². The van der Waals surface area contributed by atoms with E-state index in [0.29, 0.717) is 6.54 Å². The highest BCUT2D eigenvalue weighted by molar-refractivity contribution is 7.90. The van der Waals surface area contributed by atoms with Gasteiger partial charge in [-0.2, -0.15) is 0 Å². The van der Waals surface area contributed by atoms with E-state index < -0.39 is 50.9 Å². The molecular formula is C19H32FN5O4S. The van der Waals surface area contributed by atoms with Gasteiger partial charge in [0.1, 0.15) is 11.4 Å². The van der Waals surface area contributed by atoms with Crippen molar-refractivity contribution in [1.82, 2.24) is 25.0 Å². The molecule has 6 atom stereocenters. The minimum atomic E-state index is -3.91. The summed E-state index contributed by atoms with van der Waals surface area (Å²) in [4.78, 5) is 28.4. The van der Waals surface area contributed by atoms with E-state index in [1.807, 2.05) is 19.0 Å². The van der Waals surface area contributed by atoms with Crippen LogP contribution in [0.4, 0.5) is 9.18 Å². The maximum absolute atomic E-state index is 15.2. The molecule has 6 unspecified atom stereocenters. The van der Waals surface area contributed by atoms with Crippen LogP contribution in [0, 0.1) is 5.92 Å². The summed E-state index contributed by atoms with van der Waals surface area (Å²) < 4.78 is 43.5. The van der Waals surface area contributed by atoms with Gasteiger partial charge >= 0.3 is 6.03 Å². The molecule has 4 fully saturated rings. The SMILES string of the molecule is CC1CC(CN2C(=O)N(C)C(=O)C3CC(S(=O)(=O)NC4(C)CC4)C(F)CC32)N(C)N1. The molecule has 170 valence electrons. The van der Waals surface area contributed by atoms with Gasteiger partial charge in [-0.1, -0.05) is 0 Å². The number of hydrogen-bond acceptors (Lipinski definition) is 6. The van der Waals surface area contributed by atoms with Gasteiger partial charge in [-0.15, -0.1) is 0 Å². The second kappa shape index (κ2) is 7.39. The third kappa shape index (κ3) is 3.85. The maximum Gasteiger partial charge on any atom is 0.326 e. The fourth-order valence-corrected chi connectivity index (χ4v) is 7.13. The number of nitrogens with zero attached hydrogens (tertiary/aromatic N) is 3. The minimum Gasteiger partial charge on any atom is -0.319 e. The molecule has 0 aromatic heterocycles. The average molecular weight is 446 g/mol. The van der Waals surface area contributed by atoms with Crippen molar-refractivity contribution in [3.8, 4) is 0 Å². The molecule has 9 nitrogen and oxygen atoms in total. The standard InChI is InChI=1S/C19H32FN5O4S/c1-11-7-12(24(4)21-11)10-25-15-9-14(20)16(30(28,29)22-19(2)5-6-19)8-13(15)17(26)23(3)18(25)27/h11-16,21-22H,5-10H2,1-4H3. The first-order valence-electron chi connectivity index (χ1n) is 10.7. The zero-order valence-corrected chi connectivity index (χ0v) is 18.8. The van der Waals surface area contributed by atoms with Gasteiger partial charge in [0.05, 0.1) is 5.92 Å². The summed E-state index contributed by atoms with van der Waals surface area (Å²) in [7, 11) is -0.584. The molecule has 0 spiro atoms. The van der Waals surface area contributed by atoms with Gasteiger partial charge in [0, 0.05) is 50.7 Å². The van der Waals surface area contributed by atoms with Gasteiger partial charge in [0.2, 0.25) is 15.9 Å². The molecule has 2 aliphatic carbocycles. The Hall–Kier alpha value is -1.30. The van der Waals surface area contributed by atoms with Gasteiger partial charge in [-0.3, -0.25) is 15.1 Å². The summed E-state index contributed by atoms with van der Waals surface area (Å²) in [5.74, 6) is -1.14. The number of likely N-dealkylation sites (N-methyl/N-ethyl adjacent to an activating group) is 1. The Morgan fingerprint density at radius 3 is 2.43 bits per heavy atom. The summed E-state index contributed by atoms with van der Waals surface area (Å²) in [5, 5.41) is 0.673. The third-order valence-electron chi connectivity index (χ3n) is 7.19. The zero-order chi connectivity index (χ0) is 22.0. The molecule has 11 heteroatoms. The molecule has 0 radical (unpaired) electrons. The quantitative estimate of drug-likeness (QED) is 0.637. The Bertz CT molecular complexity index is 835. The number of alkyl halides is 1. The van der Waals surface area contributed by atoms with Crippen LogP contribution >= 0.6 is 0 Å². The van der Waals surface area contributed by atoms with Crippen molar-refractivity contribution in [1.29, 1.82) is 0 Å². The van der Waals surface area contributed by atoms with Gasteiger partial charge in [-0.05, 0) is 39.5 Å². The Kier molecular flexibility index (Phi) is 5.40. The van der Waals surface area contributed by atoms with Crippen molar-refractivity contribution in [3.05, 3.63) is 0 Å². The molecule has 2 saturated carbocycles. The van der Waals surface area contributed by atoms with E-state index in [1.54, 1.807) is 11.8 Å². The Labute approximate surface area is 177 Å². The number of imide groups is 1. The normalized spacial score (nSPS) is 39.4. The summed E-state index contributed by atoms with van der Waals surface area (Å²) >= 11 is 0. The summed E-state index contributed by atoms with van der Waals surface area (Å²) in [6, 6.07) is -0.753. The topological polar surface area (TPSA) is 102 Å². The average Bonchev–Trinajstić information content (AvgIpc) is 3.27. The number of nitrogens with one attached hydrogen (secondary N) is 2. The number of carbonyl (C=O) groups excluding carboxylic acids is 2. The molecule has 3 amide bonds. The van der Waals surface area contributed by atoms with Gasteiger partial charge in [0.15, 0.2) is 0 Å². The Balaban J connectivity index is 1.56. The Morgan fingerprint density at radius 1 is 1.20 bits per heavy atom. The van der Waals surface area contributed by atoms with Crippen molar-refractivity contribution in [2.45, 2.75) is 81.0 Å². The van der Waals surface area contributed by atoms with Gasteiger partial charge < -0.3 is 4.90 Å². The van der Waals surface area contributed by atoms with Crippen LogP contribution in [-0.2, 0) is 14.8 Å². The molecule has 0 bridgehead atoms. The second-order valence-corrected chi connectivity index (χ2v) is 11.7. The summed E-state index contributed by atoms with van der Waals surface area (Å²) in [6.45, 7) is 4.22. The predicted molar refractivity (Wildman–Crippen MR) is 109 cm³/mol. The molecule has 2 aliphatic heterocycles. The number of halogens is 1. The number of sulfonamides is 1. The molecule has 30 heavy (non-hydrogen) atoms. The van der Waals surface area contributed by atoms with E-state index in [4.69, 9.17) is 0 Å². The highest BCUT2D eigenvalue weighted by atomic mass is 32.2. The minimum absolute atomic E-state index is 0.0437. The summed E-state index contributed by atoms with van der Waals surface area (Å²) in [6.07, 6.45) is 0.404. The van der Waals surface area contributed by atoms with Gasteiger partial charge in [0.25, 0.3) is 0 Å². The zero-order valence-electron chi connectivity index (χ0n) is 18.0. The lowest BCUT2D eigenvalue weighted by Gasteiger charge is -2.49. The van der Waals surface area contributed by atoms with E-state index in [9.17, 15) is 18.0 Å². The van der Waals surface area contributed by atoms with E-state index in [-0.39, 0.29) is 24.9 Å². The van der Waals surface area contributed by atoms with Crippen molar-refractivity contribution < 1.29 is 22.4 Å². The number of hydrazine groups is 1. The largest absolute Gasteiger partial charge is 0.326 e. The molecule has 2 N–H and O–H groups in total. The monoisotopic (exact) mass is 445 g/mol. The predicted octanol–water partition coefficient (Wildman–Crippen LogP) is 0.435. The van der Waals surface area contributed by atoms with Crippen LogP contribution in [0.15, 0.2) is 0 Å². The van der Waals surface area contributed by atoms with Crippen LogP contribution in [0.2, 0.25) is 0 Å². The van der Waals surface area contributed by atoms with Gasteiger partial charge in [-0.25, -0.2) is 27.3 Å². The van der Waals surface area contributed by atoms with Crippen LogP contribution in [0.1, 0.15) is 46.0 Å². The highest BCUT2D eigenvalue weighted by Gasteiger charge is 2.55. The van der Waals surface area contributed by atoms with Crippen molar-refractivity contribution in [3.63, 3.8) is 0 Å². The molecular weight excluding hydrogens is 413 g/mol. The molecule has 2 saturated heterocycles. The lowest BCUT2D eigenvalue weighted by atomic mass is 9.79. The van der Waals surface area contributed by atoms with Crippen LogP contribution < -0.4 is 10.1 Å². The van der Waals surface area contributed by atoms with E-state index >= 15 is 4.39 Å².